The van der Waals surface area contributed by atoms with E-state index >= 15 is 0 Å². The first-order valence-electron chi connectivity index (χ1n) is 20.8. The Hall–Kier alpha value is -7.22. The molecule has 0 N–H and O–H groups in total. The van der Waals surface area contributed by atoms with E-state index in [2.05, 4.69) is 252 Å². The van der Waals surface area contributed by atoms with Crippen molar-refractivity contribution >= 4 is 21.8 Å². The second kappa shape index (κ2) is 18.1. The Morgan fingerprint density at radius 3 is 1.28 bits per heavy atom. The zero-order chi connectivity index (χ0) is 41.4. The number of nitrogens with zero attached hydrogens (tertiary/aromatic N) is 1. The molecule has 0 unspecified atom stereocenters. The first kappa shape index (κ1) is 39.6. The van der Waals surface area contributed by atoms with E-state index in [0.717, 1.165) is 0 Å². The summed E-state index contributed by atoms with van der Waals surface area (Å²) in [6.07, 6.45) is 0. The lowest BCUT2D eigenvalue weighted by Gasteiger charge is -2.12. The van der Waals surface area contributed by atoms with Gasteiger partial charge in [-0.3, -0.25) is 0 Å². The largest absolute Gasteiger partial charge is 0.309 e. The van der Waals surface area contributed by atoms with Gasteiger partial charge in [-0.25, -0.2) is 0 Å². The Labute approximate surface area is 355 Å². The van der Waals surface area contributed by atoms with Gasteiger partial charge >= 0.3 is 0 Å². The molecule has 0 saturated carbocycles. The molecule has 0 bridgehead atoms. The van der Waals surface area contributed by atoms with Gasteiger partial charge in [0, 0.05) is 16.5 Å². The van der Waals surface area contributed by atoms with Crippen LogP contribution < -0.4 is 0 Å². The summed E-state index contributed by atoms with van der Waals surface area (Å²) >= 11 is 0. The SMILES string of the molecule is Cc1ccc(-c2ccc(C)c(-c3ccccc3C)c2)cc1.Cc1ccc(-c2ccc3c(c2)c2ccccc2n3-c2ccccc2)cc1.Cc1ccc(-c2ccccc2)cc1. The summed E-state index contributed by atoms with van der Waals surface area (Å²) in [4.78, 5) is 0. The molecule has 0 aliphatic heterocycles. The lowest BCUT2D eigenvalue weighted by Crippen LogP contribution is -1.92. The van der Waals surface area contributed by atoms with E-state index in [0.29, 0.717) is 0 Å². The molecule has 10 rings (SSSR count). The zero-order valence-electron chi connectivity index (χ0n) is 35.2. The number of para-hydroxylation sites is 2. The van der Waals surface area contributed by atoms with Crippen LogP contribution in [0, 0.1) is 34.6 Å². The van der Waals surface area contributed by atoms with Gasteiger partial charge in [0.1, 0.15) is 0 Å². The quantitative estimate of drug-likeness (QED) is 0.164. The molecule has 0 atom stereocenters. The Balaban J connectivity index is 0.000000132. The van der Waals surface area contributed by atoms with Crippen molar-refractivity contribution < 1.29 is 0 Å². The Kier molecular flexibility index (Phi) is 12.0. The number of aromatic nitrogens is 1. The van der Waals surface area contributed by atoms with Crippen LogP contribution in [-0.4, -0.2) is 4.57 Å². The highest BCUT2D eigenvalue weighted by Crippen LogP contribution is 2.35. The minimum atomic E-state index is 1.20. The molecule has 0 fully saturated rings. The zero-order valence-corrected chi connectivity index (χ0v) is 35.2. The fourth-order valence-corrected chi connectivity index (χ4v) is 7.84. The minimum absolute atomic E-state index is 1.20. The number of hydrogen-bond acceptors (Lipinski definition) is 0. The van der Waals surface area contributed by atoms with Crippen molar-refractivity contribution in [3.05, 3.63) is 246 Å². The first-order chi connectivity index (χ1) is 29.3. The van der Waals surface area contributed by atoms with Gasteiger partial charge in [0.25, 0.3) is 0 Å². The Morgan fingerprint density at radius 1 is 0.267 bits per heavy atom. The molecule has 1 heteroatoms. The second-order valence-corrected chi connectivity index (χ2v) is 15.7. The lowest BCUT2D eigenvalue weighted by molar-refractivity contribution is 1.18. The number of fused-ring (bicyclic) bond motifs is 3. The van der Waals surface area contributed by atoms with Crippen LogP contribution in [0.1, 0.15) is 27.8 Å². The van der Waals surface area contributed by atoms with Crippen LogP contribution in [0.3, 0.4) is 0 Å². The summed E-state index contributed by atoms with van der Waals surface area (Å²) in [5.74, 6) is 0. The van der Waals surface area contributed by atoms with Crippen LogP contribution in [0.2, 0.25) is 0 Å². The van der Waals surface area contributed by atoms with Crippen molar-refractivity contribution in [1.29, 1.82) is 0 Å². The van der Waals surface area contributed by atoms with Crippen molar-refractivity contribution in [1.82, 2.24) is 4.57 Å². The molecular formula is C59H51N. The van der Waals surface area contributed by atoms with Gasteiger partial charge in [-0.15, -0.1) is 0 Å². The first-order valence-corrected chi connectivity index (χ1v) is 20.8. The van der Waals surface area contributed by atoms with Crippen molar-refractivity contribution in [2.75, 3.05) is 0 Å². The fourth-order valence-electron chi connectivity index (χ4n) is 7.84. The van der Waals surface area contributed by atoms with E-state index in [-0.39, 0.29) is 0 Å². The number of aryl methyl sites for hydroxylation is 5. The second-order valence-electron chi connectivity index (χ2n) is 15.7. The van der Waals surface area contributed by atoms with E-state index in [1.807, 2.05) is 6.07 Å². The highest BCUT2D eigenvalue weighted by Gasteiger charge is 2.13. The third-order valence-corrected chi connectivity index (χ3v) is 11.3. The molecule has 0 aliphatic rings. The van der Waals surface area contributed by atoms with Crippen molar-refractivity contribution in [2.24, 2.45) is 0 Å². The van der Waals surface area contributed by atoms with Crippen LogP contribution >= 0.6 is 0 Å². The van der Waals surface area contributed by atoms with Crippen LogP contribution in [0.4, 0.5) is 0 Å². The topological polar surface area (TPSA) is 4.93 Å². The molecule has 0 aliphatic carbocycles. The monoisotopic (exact) mass is 773 g/mol. The average molecular weight is 774 g/mol. The molecule has 60 heavy (non-hydrogen) atoms. The predicted octanol–water partition coefficient (Wildman–Crippen LogP) is 16.4. The van der Waals surface area contributed by atoms with Crippen molar-refractivity contribution in [3.63, 3.8) is 0 Å². The van der Waals surface area contributed by atoms with Crippen LogP contribution in [0.15, 0.2) is 218 Å². The molecule has 0 amide bonds. The van der Waals surface area contributed by atoms with E-state index in [4.69, 9.17) is 0 Å². The van der Waals surface area contributed by atoms with Crippen LogP contribution in [0.25, 0.3) is 72.0 Å². The predicted molar refractivity (Wildman–Crippen MR) is 259 cm³/mol. The van der Waals surface area contributed by atoms with Gasteiger partial charge in [0.05, 0.1) is 11.0 Å². The molecule has 0 saturated heterocycles. The van der Waals surface area contributed by atoms with E-state index in [9.17, 15) is 0 Å². The minimum Gasteiger partial charge on any atom is -0.309 e. The Morgan fingerprint density at radius 2 is 0.683 bits per heavy atom. The van der Waals surface area contributed by atoms with Crippen molar-refractivity contribution in [2.45, 2.75) is 34.6 Å². The normalized spacial score (nSPS) is 10.8. The maximum atomic E-state index is 2.35. The molecule has 0 radical (unpaired) electrons. The van der Waals surface area contributed by atoms with Gasteiger partial charge in [0.2, 0.25) is 0 Å². The highest BCUT2D eigenvalue weighted by atomic mass is 15.0. The summed E-state index contributed by atoms with van der Waals surface area (Å²) < 4.78 is 2.35. The molecular weight excluding hydrogens is 723 g/mol. The van der Waals surface area contributed by atoms with Gasteiger partial charge in [0.15, 0.2) is 0 Å². The lowest BCUT2D eigenvalue weighted by atomic mass is 9.93. The van der Waals surface area contributed by atoms with Gasteiger partial charge < -0.3 is 4.57 Å². The van der Waals surface area contributed by atoms with E-state index in [1.54, 1.807) is 0 Å². The van der Waals surface area contributed by atoms with Crippen LogP contribution in [-0.2, 0) is 0 Å². The molecule has 9 aromatic carbocycles. The smallest absolute Gasteiger partial charge is 0.0541 e. The third-order valence-electron chi connectivity index (χ3n) is 11.3. The summed E-state index contributed by atoms with van der Waals surface area (Å²) in [6.45, 7) is 10.7. The highest BCUT2D eigenvalue weighted by molar-refractivity contribution is 6.10. The fraction of sp³-hybridized carbons (Fsp3) is 0.0847. The molecule has 0 spiro atoms. The summed E-state index contributed by atoms with van der Waals surface area (Å²) in [7, 11) is 0. The summed E-state index contributed by atoms with van der Waals surface area (Å²) in [6, 6.07) is 77.9. The average Bonchev–Trinajstić information content (AvgIpc) is 3.62. The Bertz CT molecular complexity index is 2970. The van der Waals surface area contributed by atoms with Gasteiger partial charge in [-0.1, -0.05) is 199 Å². The maximum Gasteiger partial charge on any atom is 0.0541 e. The third kappa shape index (κ3) is 8.92. The number of hydrogen-bond donors (Lipinski definition) is 0. The molecule has 10 aromatic rings. The number of rotatable bonds is 5. The van der Waals surface area contributed by atoms with Gasteiger partial charge in [-0.05, 0) is 127 Å². The van der Waals surface area contributed by atoms with Crippen molar-refractivity contribution in [3.8, 4) is 50.2 Å². The summed E-state index contributed by atoms with van der Waals surface area (Å²) in [5, 5.41) is 2.59. The van der Waals surface area contributed by atoms with Gasteiger partial charge in [-0.2, -0.15) is 0 Å². The van der Waals surface area contributed by atoms with Crippen LogP contribution in [0.5, 0.6) is 0 Å². The molecule has 292 valence electrons. The van der Waals surface area contributed by atoms with E-state index < -0.39 is 0 Å². The maximum absolute atomic E-state index is 2.35. The molecule has 1 heterocycles. The standard InChI is InChI=1S/C25H19N.C21H20.C13H12/c1-18-11-13-19(14-12-18)20-15-16-25-23(17-20)22-9-5-6-10-24(22)26(25)21-7-3-2-4-8-21;1-15-8-11-18(12-9-15)19-13-10-17(3)21(14-19)20-7-5-4-6-16(20)2;1-11-7-9-13(10-8-11)12-5-3-2-4-6-12/h2-17H,1H3;4-14H,1-3H3;2-10H,1H3. The summed E-state index contributed by atoms with van der Waals surface area (Å²) in [5.41, 5.74) is 20.5. The molecule has 1 aromatic heterocycles. The molecule has 1 nitrogen and oxygen atoms in total. The number of benzene rings is 9. The van der Waals surface area contributed by atoms with E-state index in [1.165, 1.54) is 99.8 Å².